The van der Waals surface area contributed by atoms with E-state index in [2.05, 4.69) is 25.0 Å². The van der Waals surface area contributed by atoms with Crippen LogP contribution < -0.4 is 14.2 Å². The molecule has 4 rings (SSSR count). The summed E-state index contributed by atoms with van der Waals surface area (Å²) in [7, 11) is 2.16. The van der Waals surface area contributed by atoms with Gasteiger partial charge in [-0.2, -0.15) is 5.10 Å². The molecule has 0 aliphatic carbocycles. The number of benzene rings is 1. The van der Waals surface area contributed by atoms with Gasteiger partial charge in [0, 0.05) is 26.6 Å². The molecule has 0 saturated carbocycles. The third kappa shape index (κ3) is 5.13. The van der Waals surface area contributed by atoms with Gasteiger partial charge in [0.2, 0.25) is 16.0 Å². The fourth-order valence-electron chi connectivity index (χ4n) is 3.90. The van der Waals surface area contributed by atoms with Gasteiger partial charge < -0.3 is 14.2 Å². The van der Waals surface area contributed by atoms with E-state index in [-0.39, 0.29) is 11.8 Å². The molecule has 3 aromatic heterocycles. The quantitative estimate of drug-likeness (QED) is 0.330. The number of aromatic nitrogens is 6. The summed E-state index contributed by atoms with van der Waals surface area (Å²) in [5, 5.41) is 11.8. The molecule has 0 bridgehead atoms. The minimum Gasteiger partial charge on any atom is -0.494 e. The molecule has 0 radical (unpaired) electrons. The third-order valence-corrected chi connectivity index (χ3v) is 7.55. The van der Waals surface area contributed by atoms with Crippen molar-refractivity contribution in [2.45, 2.75) is 25.2 Å². The molecule has 0 fully saturated rings. The van der Waals surface area contributed by atoms with Gasteiger partial charge in [0.1, 0.15) is 34.2 Å². The minimum atomic E-state index is -4.06. The first-order chi connectivity index (χ1) is 17.7. The normalized spacial score (nSPS) is 13.2. The number of sulfonamides is 1. The molecule has 0 unspecified atom stereocenters. The Kier molecular flexibility index (Phi) is 7.45. The van der Waals surface area contributed by atoms with Gasteiger partial charge in [-0.1, -0.05) is 12.1 Å². The molecule has 1 aromatic carbocycles. The Labute approximate surface area is 215 Å². The zero-order valence-electron chi connectivity index (χ0n) is 21.4. The molecule has 3 heterocycles. The highest BCUT2D eigenvalue weighted by atomic mass is 32.2. The largest absolute Gasteiger partial charge is 0.494 e. The minimum absolute atomic E-state index is 0.0676. The summed E-state index contributed by atoms with van der Waals surface area (Å²) >= 11 is 0. The maximum atomic E-state index is 13.6. The zero-order chi connectivity index (χ0) is 26.7. The van der Waals surface area contributed by atoms with Gasteiger partial charge in [-0.25, -0.2) is 8.42 Å². The van der Waals surface area contributed by atoms with Gasteiger partial charge in [0.05, 0.1) is 19.9 Å². The maximum Gasteiger partial charge on any atom is 0.243 e. The van der Waals surface area contributed by atoms with Gasteiger partial charge in [0.15, 0.2) is 5.82 Å². The lowest BCUT2D eigenvalue weighted by atomic mass is 10.1. The Morgan fingerprint density at radius 1 is 1.00 bits per heavy atom. The highest BCUT2D eigenvalue weighted by Gasteiger charge is 2.34. The molecule has 4 aromatic rings. The predicted octanol–water partition coefficient (Wildman–Crippen LogP) is 2.91. The van der Waals surface area contributed by atoms with E-state index >= 15 is 0 Å². The number of anilines is 1. The number of rotatable bonds is 10. The maximum absolute atomic E-state index is 13.6. The lowest BCUT2D eigenvalue weighted by Crippen LogP contribution is -2.33. The number of ether oxygens (including phenoxy) is 3. The average Bonchev–Trinajstić information content (AvgIpc) is 3.50. The summed E-state index contributed by atoms with van der Waals surface area (Å²) in [5.74, 6) is 1.06. The van der Waals surface area contributed by atoms with Gasteiger partial charge in [-0.05, 0) is 43.7 Å². The molecule has 13 heteroatoms. The van der Waals surface area contributed by atoms with Crippen LogP contribution in [0.4, 0.5) is 5.95 Å². The standard InChI is InChI=1S/C24H29N7O5S/c1-15-10-11-17(25-14-15)22(36-6)16(2)37(32,33)29-24-27-26-23(18-12-13-30(3)28-18)31(24)21-19(34-4)8-7-9-20(21)35-5/h7-14,16,22H,1-6H3,(H,27,29)/t16-,22-/m0/s1. The molecule has 37 heavy (non-hydrogen) atoms. The number of nitrogens with one attached hydrogen (secondary N) is 1. The Hall–Kier alpha value is -3.97. The molecule has 0 spiro atoms. The van der Waals surface area contributed by atoms with E-state index < -0.39 is 21.4 Å². The monoisotopic (exact) mass is 527 g/mol. The van der Waals surface area contributed by atoms with Gasteiger partial charge in [-0.3, -0.25) is 19.0 Å². The van der Waals surface area contributed by atoms with Crippen LogP contribution >= 0.6 is 0 Å². The molecule has 0 amide bonds. The smallest absolute Gasteiger partial charge is 0.243 e. The van der Waals surface area contributed by atoms with E-state index in [1.54, 1.807) is 61.4 Å². The van der Waals surface area contributed by atoms with Crippen molar-refractivity contribution >= 4 is 16.0 Å². The van der Waals surface area contributed by atoms with Crippen molar-refractivity contribution in [1.82, 2.24) is 29.5 Å². The molecule has 2 atom stereocenters. The Balaban J connectivity index is 1.82. The van der Waals surface area contributed by atoms with Crippen molar-refractivity contribution in [3.63, 3.8) is 0 Å². The van der Waals surface area contributed by atoms with Crippen LogP contribution in [0.1, 0.15) is 24.3 Å². The third-order valence-electron chi connectivity index (χ3n) is 5.86. The summed E-state index contributed by atoms with van der Waals surface area (Å²) < 4.78 is 49.6. The number of hydrogen-bond donors (Lipinski definition) is 1. The van der Waals surface area contributed by atoms with Crippen LogP contribution in [0.25, 0.3) is 17.2 Å². The van der Waals surface area contributed by atoms with Crippen LogP contribution in [-0.2, 0) is 21.8 Å². The summed E-state index contributed by atoms with van der Waals surface area (Å²) in [5.41, 5.74) is 2.33. The second-order valence-corrected chi connectivity index (χ2v) is 10.4. The zero-order valence-corrected chi connectivity index (χ0v) is 22.2. The highest BCUT2D eigenvalue weighted by Crippen LogP contribution is 2.37. The average molecular weight is 528 g/mol. The molecule has 1 N–H and O–H groups in total. The van der Waals surface area contributed by atoms with Crippen molar-refractivity contribution in [2.75, 3.05) is 26.1 Å². The van der Waals surface area contributed by atoms with Gasteiger partial charge in [0.25, 0.3) is 0 Å². The number of methoxy groups -OCH3 is 3. The second-order valence-electron chi connectivity index (χ2n) is 8.34. The van der Waals surface area contributed by atoms with Crippen molar-refractivity contribution in [2.24, 2.45) is 7.05 Å². The fraction of sp³-hybridized carbons (Fsp3) is 0.333. The first-order valence-corrected chi connectivity index (χ1v) is 12.9. The van der Waals surface area contributed by atoms with Crippen LogP contribution in [-0.4, -0.2) is 64.5 Å². The first kappa shape index (κ1) is 26.1. The summed E-state index contributed by atoms with van der Waals surface area (Å²) in [6.07, 6.45) is 2.58. The topological polar surface area (TPSA) is 135 Å². The van der Waals surface area contributed by atoms with E-state index in [0.29, 0.717) is 28.6 Å². The number of pyridine rings is 1. The van der Waals surface area contributed by atoms with Crippen molar-refractivity contribution in [3.05, 3.63) is 60.0 Å². The van der Waals surface area contributed by atoms with Crippen LogP contribution in [0.3, 0.4) is 0 Å². The van der Waals surface area contributed by atoms with Crippen LogP contribution in [0.2, 0.25) is 0 Å². The molecule has 0 aliphatic rings. The number of aryl methyl sites for hydroxylation is 2. The molecular weight excluding hydrogens is 498 g/mol. The van der Waals surface area contributed by atoms with E-state index in [0.717, 1.165) is 5.56 Å². The molecular formula is C24H29N7O5S. The number of nitrogens with zero attached hydrogens (tertiary/aromatic N) is 6. The molecule has 0 aliphatic heterocycles. The molecule has 0 saturated heterocycles. The number of hydrogen-bond acceptors (Lipinski definition) is 9. The van der Waals surface area contributed by atoms with Crippen molar-refractivity contribution < 1.29 is 22.6 Å². The molecule has 196 valence electrons. The van der Waals surface area contributed by atoms with E-state index in [4.69, 9.17) is 14.2 Å². The summed E-state index contributed by atoms with van der Waals surface area (Å²) in [4.78, 5) is 4.35. The SMILES string of the molecule is COc1cccc(OC)c1-n1c(NS(=O)(=O)[C@@H](C)[C@H](OC)c2ccc(C)cn2)nnc1-c1ccn(C)n1. The second kappa shape index (κ2) is 10.6. The van der Waals surface area contributed by atoms with Crippen LogP contribution in [0.15, 0.2) is 48.8 Å². The van der Waals surface area contributed by atoms with Crippen LogP contribution in [0.5, 0.6) is 11.5 Å². The van der Waals surface area contributed by atoms with E-state index in [9.17, 15) is 8.42 Å². The summed E-state index contributed by atoms with van der Waals surface area (Å²) in [6.45, 7) is 3.44. The number of para-hydroxylation sites is 1. The van der Waals surface area contributed by atoms with Crippen molar-refractivity contribution in [1.29, 1.82) is 0 Å². The highest BCUT2D eigenvalue weighted by molar-refractivity contribution is 7.93. The Morgan fingerprint density at radius 2 is 1.70 bits per heavy atom. The van der Waals surface area contributed by atoms with E-state index in [1.807, 2.05) is 13.0 Å². The predicted molar refractivity (Wildman–Crippen MR) is 137 cm³/mol. The van der Waals surface area contributed by atoms with Gasteiger partial charge in [-0.15, -0.1) is 10.2 Å². The van der Waals surface area contributed by atoms with Crippen LogP contribution in [0, 0.1) is 6.92 Å². The first-order valence-electron chi connectivity index (χ1n) is 11.3. The Bertz CT molecular complexity index is 1460. The fourth-order valence-corrected chi connectivity index (χ4v) is 5.05. The Morgan fingerprint density at radius 3 is 2.24 bits per heavy atom. The van der Waals surface area contributed by atoms with E-state index in [1.165, 1.54) is 25.9 Å². The molecule has 12 nitrogen and oxygen atoms in total. The van der Waals surface area contributed by atoms with Gasteiger partial charge >= 0.3 is 0 Å². The van der Waals surface area contributed by atoms with Crippen molar-refractivity contribution in [3.8, 4) is 28.7 Å². The lowest BCUT2D eigenvalue weighted by Gasteiger charge is -2.23. The summed E-state index contributed by atoms with van der Waals surface area (Å²) in [6, 6.07) is 10.6. The lowest BCUT2D eigenvalue weighted by molar-refractivity contribution is 0.0989.